The van der Waals surface area contributed by atoms with Crippen molar-refractivity contribution in [3.63, 3.8) is 0 Å². The van der Waals surface area contributed by atoms with Crippen LogP contribution < -0.4 is 14.8 Å². The molecule has 1 saturated heterocycles. The minimum atomic E-state index is -3.74. The van der Waals surface area contributed by atoms with Crippen LogP contribution in [0.4, 0.5) is 11.5 Å². The van der Waals surface area contributed by atoms with E-state index in [1.54, 1.807) is 36.4 Å². The van der Waals surface area contributed by atoms with E-state index in [4.69, 9.17) is 9.47 Å². The zero-order valence-electron chi connectivity index (χ0n) is 21.7. The Labute approximate surface area is 233 Å². The average Bonchev–Trinajstić information content (AvgIpc) is 2.99. The van der Waals surface area contributed by atoms with Gasteiger partial charge in [-0.2, -0.15) is 12.7 Å². The lowest BCUT2D eigenvalue weighted by atomic mass is 10.1. The third kappa shape index (κ3) is 7.20. The smallest absolute Gasteiger partial charge is 0.303 e. The zero-order chi connectivity index (χ0) is 27.8. The predicted molar refractivity (Wildman–Crippen MR) is 152 cm³/mol. The highest BCUT2D eigenvalue weighted by Crippen LogP contribution is 2.21. The molecule has 1 aliphatic rings. The molecule has 11 heteroatoms. The van der Waals surface area contributed by atoms with Crippen LogP contribution in [-0.2, 0) is 21.4 Å². The summed E-state index contributed by atoms with van der Waals surface area (Å²) >= 11 is 0. The number of hydrogen-bond acceptors (Lipinski definition) is 7. The Bertz CT molecular complexity index is 1530. The third-order valence-corrected chi connectivity index (χ3v) is 7.74. The number of benzene rings is 3. The number of anilines is 2. The fourth-order valence-corrected chi connectivity index (χ4v) is 5.23. The molecule has 2 N–H and O–H groups in total. The Balaban J connectivity index is 1.17. The lowest BCUT2D eigenvalue weighted by Gasteiger charge is -2.25. The van der Waals surface area contributed by atoms with Gasteiger partial charge in [-0.3, -0.25) is 14.5 Å². The fourth-order valence-electron chi connectivity index (χ4n) is 4.10. The largest absolute Gasteiger partial charge is 0.493 e. The molecule has 0 spiro atoms. The monoisotopic (exact) mass is 559 g/mol. The molecule has 1 aromatic heterocycles. The number of hydrogen-bond donors (Lipinski definition) is 2. The zero-order valence-corrected chi connectivity index (χ0v) is 22.5. The van der Waals surface area contributed by atoms with Gasteiger partial charge in [0, 0.05) is 36.3 Å². The van der Waals surface area contributed by atoms with Crippen LogP contribution in [0.3, 0.4) is 0 Å². The molecule has 3 aromatic carbocycles. The normalized spacial score (nSPS) is 13.9. The third-order valence-electron chi connectivity index (χ3n) is 6.23. The molecule has 0 bridgehead atoms. The quantitative estimate of drug-likeness (QED) is 0.301. The average molecular weight is 560 g/mol. The fraction of sp³-hybridized carbons (Fsp3) is 0.207. The van der Waals surface area contributed by atoms with E-state index < -0.39 is 10.2 Å². The summed E-state index contributed by atoms with van der Waals surface area (Å²) in [5, 5.41) is 2.89. The van der Waals surface area contributed by atoms with Crippen LogP contribution in [0.2, 0.25) is 0 Å². The van der Waals surface area contributed by atoms with E-state index in [0.29, 0.717) is 42.3 Å². The van der Waals surface area contributed by atoms with Gasteiger partial charge in [-0.15, -0.1) is 0 Å². The van der Waals surface area contributed by atoms with E-state index in [1.165, 1.54) is 22.3 Å². The summed E-state index contributed by atoms with van der Waals surface area (Å²) in [5.74, 6) is 0.560. The molecule has 5 rings (SSSR count). The van der Waals surface area contributed by atoms with Crippen molar-refractivity contribution in [2.45, 2.75) is 6.42 Å². The Morgan fingerprint density at radius 3 is 2.42 bits per heavy atom. The number of aromatic nitrogens is 2. The number of carbonyl (C=O) groups excluding carboxylic acids is 1. The molecular formula is C29H29N5O5S. The van der Waals surface area contributed by atoms with Gasteiger partial charge in [-0.1, -0.05) is 42.5 Å². The van der Waals surface area contributed by atoms with Gasteiger partial charge in [-0.05, 0) is 42.0 Å². The van der Waals surface area contributed by atoms with Crippen LogP contribution >= 0.6 is 0 Å². The minimum absolute atomic E-state index is 0.108. The topological polar surface area (TPSA) is 123 Å². The second-order valence-corrected chi connectivity index (χ2v) is 10.7. The van der Waals surface area contributed by atoms with Crippen molar-refractivity contribution in [1.29, 1.82) is 0 Å². The molecule has 1 amide bonds. The van der Waals surface area contributed by atoms with Gasteiger partial charge in [0.15, 0.2) is 5.82 Å². The van der Waals surface area contributed by atoms with Crippen molar-refractivity contribution in [3.05, 3.63) is 102 Å². The van der Waals surface area contributed by atoms with Crippen molar-refractivity contribution in [3.8, 4) is 17.0 Å². The van der Waals surface area contributed by atoms with Gasteiger partial charge in [-0.25, -0.2) is 4.98 Å². The summed E-state index contributed by atoms with van der Waals surface area (Å²) in [6.45, 7) is 1.83. The summed E-state index contributed by atoms with van der Waals surface area (Å²) < 4.78 is 39.8. The molecule has 206 valence electrons. The van der Waals surface area contributed by atoms with Gasteiger partial charge < -0.3 is 14.8 Å². The van der Waals surface area contributed by atoms with E-state index in [1.807, 2.05) is 30.3 Å². The summed E-state index contributed by atoms with van der Waals surface area (Å²) in [5.41, 5.74) is 3.47. The van der Waals surface area contributed by atoms with Crippen LogP contribution in [0.15, 0.2) is 91.3 Å². The molecule has 0 atom stereocenters. The Hall–Kier alpha value is -4.32. The van der Waals surface area contributed by atoms with Crippen LogP contribution in [0.5, 0.6) is 5.75 Å². The number of morpholine rings is 1. The van der Waals surface area contributed by atoms with Gasteiger partial charge in [0.2, 0.25) is 0 Å². The van der Waals surface area contributed by atoms with Crippen LogP contribution in [-0.4, -0.2) is 61.5 Å². The second kappa shape index (κ2) is 12.7. The number of rotatable bonds is 10. The first-order chi connectivity index (χ1) is 19.5. The summed E-state index contributed by atoms with van der Waals surface area (Å²) in [6.07, 6.45) is 3.63. The predicted octanol–water partition coefficient (Wildman–Crippen LogP) is 4.01. The number of nitrogens with zero attached hydrogens (tertiary/aromatic N) is 3. The van der Waals surface area contributed by atoms with Gasteiger partial charge in [0.25, 0.3) is 5.91 Å². The van der Waals surface area contributed by atoms with Gasteiger partial charge >= 0.3 is 10.2 Å². The maximum atomic E-state index is 12.9. The number of nitrogens with one attached hydrogen (secondary N) is 2. The molecule has 1 fully saturated rings. The van der Waals surface area contributed by atoms with Gasteiger partial charge in [0.05, 0.1) is 37.9 Å². The Kier molecular flexibility index (Phi) is 8.65. The SMILES string of the molecule is O=C(Nc1ccc(OCCc2ccccc2)cc1)c1cccc(-c2cnc(NS(=O)(=O)N3CCOCC3)cn2)c1. The Morgan fingerprint density at radius 1 is 0.925 bits per heavy atom. The highest BCUT2D eigenvalue weighted by Gasteiger charge is 2.24. The lowest BCUT2D eigenvalue weighted by Crippen LogP contribution is -2.43. The first-order valence-electron chi connectivity index (χ1n) is 12.8. The first kappa shape index (κ1) is 27.3. The van der Waals surface area contributed by atoms with Crippen molar-refractivity contribution in [1.82, 2.24) is 14.3 Å². The lowest BCUT2D eigenvalue weighted by molar-refractivity contribution is 0.0733. The maximum absolute atomic E-state index is 12.9. The molecule has 0 saturated carbocycles. The van der Waals surface area contributed by atoms with E-state index in [-0.39, 0.29) is 24.8 Å². The summed E-state index contributed by atoms with van der Waals surface area (Å²) in [4.78, 5) is 21.4. The number of amides is 1. The second-order valence-electron chi connectivity index (χ2n) is 9.05. The first-order valence-corrected chi connectivity index (χ1v) is 14.3. The van der Waals surface area contributed by atoms with Crippen molar-refractivity contribution >= 4 is 27.6 Å². The molecule has 0 aliphatic carbocycles. The van der Waals surface area contributed by atoms with Crippen LogP contribution in [0, 0.1) is 0 Å². The molecule has 1 aliphatic heterocycles. The highest BCUT2D eigenvalue weighted by molar-refractivity contribution is 7.90. The standard InChI is InChI=1S/C29H29N5O5S/c35-29(32-25-9-11-26(12-10-25)39-16-13-22-5-2-1-3-6-22)24-8-4-7-23(19-24)27-20-31-28(21-30-27)33-40(36,37)34-14-17-38-18-15-34/h1-12,19-21H,13-18H2,(H,31,33)(H,32,35). The van der Waals surface area contributed by atoms with E-state index in [2.05, 4.69) is 32.1 Å². The summed E-state index contributed by atoms with van der Waals surface area (Å²) in [7, 11) is -3.74. The number of ether oxygens (including phenoxy) is 2. The van der Waals surface area contributed by atoms with Crippen molar-refractivity contribution in [2.75, 3.05) is 42.9 Å². The molecule has 4 aromatic rings. The van der Waals surface area contributed by atoms with Crippen molar-refractivity contribution < 1.29 is 22.7 Å². The maximum Gasteiger partial charge on any atom is 0.303 e. The van der Waals surface area contributed by atoms with E-state index in [9.17, 15) is 13.2 Å². The minimum Gasteiger partial charge on any atom is -0.493 e. The van der Waals surface area contributed by atoms with Crippen molar-refractivity contribution in [2.24, 2.45) is 0 Å². The Morgan fingerprint density at radius 2 is 1.70 bits per heavy atom. The number of carbonyl (C=O) groups is 1. The molecule has 40 heavy (non-hydrogen) atoms. The molecule has 0 radical (unpaired) electrons. The van der Waals surface area contributed by atoms with E-state index in [0.717, 1.165) is 12.2 Å². The molecule has 10 nitrogen and oxygen atoms in total. The van der Waals surface area contributed by atoms with Crippen LogP contribution in [0.25, 0.3) is 11.3 Å². The molecule has 2 heterocycles. The molecule has 0 unspecified atom stereocenters. The van der Waals surface area contributed by atoms with E-state index >= 15 is 0 Å². The van der Waals surface area contributed by atoms with Crippen LogP contribution in [0.1, 0.15) is 15.9 Å². The highest BCUT2D eigenvalue weighted by atomic mass is 32.2. The summed E-state index contributed by atoms with van der Waals surface area (Å²) in [6, 6.07) is 24.3. The van der Waals surface area contributed by atoms with Gasteiger partial charge in [0.1, 0.15) is 5.75 Å². The molecular weight excluding hydrogens is 530 g/mol.